The largest absolute Gasteiger partial charge is 0.490 e. The molecule has 0 aromatic heterocycles. The third kappa shape index (κ3) is 2.98. The van der Waals surface area contributed by atoms with Gasteiger partial charge in [-0.2, -0.15) is 0 Å². The van der Waals surface area contributed by atoms with Gasteiger partial charge in [-0.1, -0.05) is 13.0 Å². The molecule has 0 bridgehead atoms. The highest BCUT2D eigenvalue weighted by Gasteiger charge is 2.09. The molecule has 0 aliphatic rings. The Morgan fingerprint density at radius 3 is 2.67 bits per heavy atom. The Bertz CT molecular complexity index is 321. The van der Waals surface area contributed by atoms with Crippen molar-refractivity contribution in [1.82, 2.24) is 0 Å². The Labute approximate surface area is 90.0 Å². The van der Waals surface area contributed by atoms with E-state index in [1.807, 2.05) is 19.9 Å². The molecule has 0 heterocycles. The molecule has 1 rings (SSSR count). The molecule has 1 aromatic carbocycles. The molecular weight excluding hydrogens is 192 g/mol. The quantitative estimate of drug-likeness (QED) is 0.674. The van der Waals surface area contributed by atoms with Gasteiger partial charge >= 0.3 is 0 Å². The van der Waals surface area contributed by atoms with Crippen LogP contribution in [0.4, 0.5) is 0 Å². The normalized spacial score (nSPS) is 9.73. The summed E-state index contributed by atoms with van der Waals surface area (Å²) in [5.41, 5.74) is 0.533. The van der Waals surface area contributed by atoms with Crippen LogP contribution in [0.3, 0.4) is 0 Å². The topological polar surface area (TPSA) is 35.5 Å². The molecule has 3 nitrogen and oxygen atoms in total. The number of rotatable bonds is 6. The van der Waals surface area contributed by atoms with E-state index in [0.717, 1.165) is 12.7 Å². The maximum Gasteiger partial charge on any atom is 0.171 e. The molecular formula is C12H16O3. The van der Waals surface area contributed by atoms with Crippen molar-refractivity contribution in [2.24, 2.45) is 0 Å². The average molecular weight is 208 g/mol. The highest BCUT2D eigenvalue weighted by Crippen LogP contribution is 2.30. The smallest absolute Gasteiger partial charge is 0.171 e. The fourth-order valence-electron chi connectivity index (χ4n) is 1.25. The molecule has 0 aliphatic heterocycles. The van der Waals surface area contributed by atoms with Crippen molar-refractivity contribution in [3.8, 4) is 11.5 Å². The summed E-state index contributed by atoms with van der Waals surface area (Å²) in [5.74, 6) is 1.19. The Hall–Kier alpha value is -1.51. The Morgan fingerprint density at radius 1 is 1.27 bits per heavy atom. The van der Waals surface area contributed by atoms with Gasteiger partial charge in [0.25, 0.3) is 0 Å². The second-order valence-electron chi connectivity index (χ2n) is 3.07. The van der Waals surface area contributed by atoms with Crippen LogP contribution >= 0.6 is 0 Å². The maximum atomic E-state index is 10.8. The first-order valence-electron chi connectivity index (χ1n) is 5.17. The molecule has 0 radical (unpaired) electrons. The first-order chi connectivity index (χ1) is 7.33. The van der Waals surface area contributed by atoms with Gasteiger partial charge < -0.3 is 9.47 Å². The molecule has 0 atom stereocenters. The van der Waals surface area contributed by atoms with E-state index >= 15 is 0 Å². The lowest BCUT2D eigenvalue weighted by Gasteiger charge is -2.12. The van der Waals surface area contributed by atoms with Gasteiger partial charge in [0.2, 0.25) is 0 Å². The summed E-state index contributed by atoms with van der Waals surface area (Å²) >= 11 is 0. The van der Waals surface area contributed by atoms with Crippen molar-refractivity contribution in [3.05, 3.63) is 23.8 Å². The molecule has 15 heavy (non-hydrogen) atoms. The predicted octanol–water partition coefficient (Wildman–Crippen LogP) is 2.69. The minimum atomic E-state index is 0.521. The third-order valence-corrected chi connectivity index (χ3v) is 1.89. The van der Waals surface area contributed by atoms with E-state index in [9.17, 15) is 4.79 Å². The molecule has 0 aliphatic carbocycles. The van der Waals surface area contributed by atoms with Crippen molar-refractivity contribution in [2.45, 2.75) is 20.3 Å². The maximum absolute atomic E-state index is 10.8. The Kier molecular flexibility index (Phi) is 4.68. The second-order valence-corrected chi connectivity index (χ2v) is 3.07. The highest BCUT2D eigenvalue weighted by molar-refractivity contribution is 5.81. The van der Waals surface area contributed by atoms with E-state index in [2.05, 4.69) is 0 Å². The van der Waals surface area contributed by atoms with Gasteiger partial charge in [0.05, 0.1) is 18.8 Å². The second kappa shape index (κ2) is 6.06. The van der Waals surface area contributed by atoms with Crippen molar-refractivity contribution >= 4 is 6.29 Å². The van der Waals surface area contributed by atoms with Gasteiger partial charge in [-0.05, 0) is 25.5 Å². The molecule has 0 unspecified atom stereocenters. The number of benzene rings is 1. The lowest BCUT2D eigenvalue weighted by atomic mass is 10.2. The molecule has 82 valence electrons. The van der Waals surface area contributed by atoms with Gasteiger partial charge in [-0.3, -0.25) is 4.79 Å². The minimum absolute atomic E-state index is 0.521. The van der Waals surface area contributed by atoms with Crippen LogP contribution in [-0.4, -0.2) is 19.5 Å². The first-order valence-corrected chi connectivity index (χ1v) is 5.17. The summed E-state index contributed by atoms with van der Waals surface area (Å²) in [6, 6.07) is 5.32. The van der Waals surface area contributed by atoms with Crippen LogP contribution in [0.15, 0.2) is 18.2 Å². The molecule has 0 N–H and O–H groups in total. The van der Waals surface area contributed by atoms with Gasteiger partial charge in [0.15, 0.2) is 17.8 Å². The van der Waals surface area contributed by atoms with E-state index in [0.29, 0.717) is 30.3 Å². The number of hydrogen-bond donors (Lipinski definition) is 0. The number of ether oxygens (including phenoxy) is 2. The van der Waals surface area contributed by atoms with Crippen molar-refractivity contribution < 1.29 is 14.3 Å². The zero-order chi connectivity index (χ0) is 11.1. The van der Waals surface area contributed by atoms with Gasteiger partial charge in [0.1, 0.15) is 0 Å². The van der Waals surface area contributed by atoms with Crippen LogP contribution in [0.5, 0.6) is 11.5 Å². The lowest BCUT2D eigenvalue weighted by Crippen LogP contribution is -2.02. The van der Waals surface area contributed by atoms with E-state index in [-0.39, 0.29) is 0 Å². The molecule has 0 fully saturated rings. The number of hydrogen-bond acceptors (Lipinski definition) is 3. The van der Waals surface area contributed by atoms with Crippen LogP contribution in [0.2, 0.25) is 0 Å². The van der Waals surface area contributed by atoms with Gasteiger partial charge in [-0.25, -0.2) is 0 Å². The zero-order valence-electron chi connectivity index (χ0n) is 9.16. The molecule has 0 spiro atoms. The van der Waals surface area contributed by atoms with Crippen molar-refractivity contribution in [3.63, 3.8) is 0 Å². The first kappa shape index (κ1) is 11.6. The number of aldehydes is 1. The predicted molar refractivity (Wildman–Crippen MR) is 58.8 cm³/mol. The molecule has 3 heteroatoms. The molecule has 0 amide bonds. The fourth-order valence-corrected chi connectivity index (χ4v) is 1.25. The number of carbonyl (C=O) groups excluding carboxylic acids is 1. The van der Waals surface area contributed by atoms with Crippen LogP contribution in [0.25, 0.3) is 0 Å². The summed E-state index contributed by atoms with van der Waals surface area (Å²) in [7, 11) is 0. The minimum Gasteiger partial charge on any atom is -0.490 e. The average Bonchev–Trinajstić information content (AvgIpc) is 2.28. The van der Waals surface area contributed by atoms with Gasteiger partial charge in [-0.15, -0.1) is 0 Å². The SMILES string of the molecule is CCCOc1cccc(C=O)c1OCC. The van der Waals surface area contributed by atoms with Crippen LogP contribution in [-0.2, 0) is 0 Å². The van der Waals surface area contributed by atoms with Gasteiger partial charge in [0, 0.05) is 0 Å². The summed E-state index contributed by atoms with van der Waals surface area (Å²) in [6.45, 7) is 5.06. The molecule has 0 saturated heterocycles. The highest BCUT2D eigenvalue weighted by atomic mass is 16.5. The van der Waals surface area contributed by atoms with Crippen LogP contribution < -0.4 is 9.47 Å². The summed E-state index contributed by atoms with van der Waals surface area (Å²) in [5, 5.41) is 0. The van der Waals surface area contributed by atoms with E-state index in [1.165, 1.54) is 0 Å². The van der Waals surface area contributed by atoms with Crippen molar-refractivity contribution in [2.75, 3.05) is 13.2 Å². The zero-order valence-corrected chi connectivity index (χ0v) is 9.16. The monoisotopic (exact) mass is 208 g/mol. The number of para-hydroxylation sites is 1. The number of carbonyl (C=O) groups is 1. The standard InChI is InChI=1S/C12H16O3/c1-3-8-15-11-7-5-6-10(9-13)12(11)14-4-2/h5-7,9H,3-4,8H2,1-2H3. The Balaban J connectivity index is 2.95. The molecule has 1 aromatic rings. The van der Waals surface area contributed by atoms with E-state index in [1.54, 1.807) is 12.1 Å². The van der Waals surface area contributed by atoms with Crippen LogP contribution in [0, 0.1) is 0 Å². The third-order valence-electron chi connectivity index (χ3n) is 1.89. The fraction of sp³-hybridized carbons (Fsp3) is 0.417. The summed E-state index contributed by atoms with van der Waals surface area (Å²) in [4.78, 5) is 10.8. The van der Waals surface area contributed by atoms with E-state index < -0.39 is 0 Å². The Morgan fingerprint density at radius 2 is 2.07 bits per heavy atom. The molecule has 0 saturated carbocycles. The van der Waals surface area contributed by atoms with Crippen molar-refractivity contribution in [1.29, 1.82) is 0 Å². The lowest BCUT2D eigenvalue weighted by molar-refractivity contribution is 0.111. The summed E-state index contributed by atoms with van der Waals surface area (Å²) < 4.78 is 10.9. The summed E-state index contributed by atoms with van der Waals surface area (Å²) in [6.07, 6.45) is 1.71. The van der Waals surface area contributed by atoms with Crippen LogP contribution in [0.1, 0.15) is 30.6 Å². The van der Waals surface area contributed by atoms with E-state index in [4.69, 9.17) is 9.47 Å².